The van der Waals surface area contributed by atoms with Crippen LogP contribution < -0.4 is 14.8 Å². The largest absolute Gasteiger partial charge is 0.487 e. The minimum Gasteiger partial charge on any atom is -0.487 e. The number of ether oxygens (including phenoxy) is 2. The van der Waals surface area contributed by atoms with E-state index in [9.17, 15) is 4.79 Å². The molecule has 0 aromatic heterocycles. The van der Waals surface area contributed by atoms with Gasteiger partial charge in [-0.05, 0) is 56.7 Å². The molecule has 150 valence electrons. The average Bonchev–Trinajstić information content (AvgIpc) is 2.68. The molecule has 29 heavy (non-hydrogen) atoms. The summed E-state index contributed by atoms with van der Waals surface area (Å²) in [5, 5.41) is 5.41. The summed E-state index contributed by atoms with van der Waals surface area (Å²) in [6.07, 6.45) is 0.105. The molecule has 1 amide bonds. The molecule has 0 saturated carbocycles. The molecule has 2 atom stereocenters. The van der Waals surface area contributed by atoms with Crippen molar-refractivity contribution in [3.05, 3.63) is 71.8 Å². The van der Waals surface area contributed by atoms with Crippen molar-refractivity contribution in [3.63, 3.8) is 0 Å². The second-order valence-corrected chi connectivity index (χ2v) is 8.44. The van der Waals surface area contributed by atoms with E-state index in [-0.39, 0.29) is 17.6 Å². The van der Waals surface area contributed by atoms with Crippen LogP contribution in [0.5, 0.6) is 11.5 Å². The number of amides is 1. The van der Waals surface area contributed by atoms with Gasteiger partial charge in [0.15, 0.2) is 6.10 Å². The number of nitrogens with one attached hydrogen (secondary N) is 1. The Morgan fingerprint density at radius 1 is 1.10 bits per heavy atom. The number of fused-ring (bicyclic) bond motifs is 2. The summed E-state index contributed by atoms with van der Waals surface area (Å²) in [6.45, 7) is 7.92. The van der Waals surface area contributed by atoms with E-state index in [0.29, 0.717) is 12.2 Å². The minimum atomic E-state index is -0.602. The van der Waals surface area contributed by atoms with Crippen LogP contribution in [0.4, 0.5) is 0 Å². The van der Waals surface area contributed by atoms with Crippen molar-refractivity contribution in [1.82, 2.24) is 5.32 Å². The topological polar surface area (TPSA) is 47.6 Å². The van der Waals surface area contributed by atoms with Gasteiger partial charge in [-0.25, -0.2) is 0 Å². The summed E-state index contributed by atoms with van der Waals surface area (Å²) < 4.78 is 12.0. The third kappa shape index (κ3) is 4.21. The third-order valence-corrected chi connectivity index (χ3v) is 5.34. The van der Waals surface area contributed by atoms with Crippen molar-refractivity contribution in [2.75, 3.05) is 0 Å². The molecule has 3 aromatic carbocycles. The molecule has 0 radical (unpaired) electrons. The van der Waals surface area contributed by atoms with E-state index < -0.39 is 6.10 Å². The van der Waals surface area contributed by atoms with Gasteiger partial charge in [-0.3, -0.25) is 4.79 Å². The fourth-order valence-corrected chi connectivity index (χ4v) is 3.89. The molecular weight excluding hydrogens is 362 g/mol. The molecule has 1 aliphatic rings. The van der Waals surface area contributed by atoms with E-state index in [1.807, 2.05) is 69.3 Å². The number of benzene rings is 3. The highest BCUT2D eigenvalue weighted by atomic mass is 16.5. The summed E-state index contributed by atoms with van der Waals surface area (Å²) in [5.74, 6) is 1.39. The number of hydrogen-bond acceptors (Lipinski definition) is 3. The normalized spacial score (nSPS) is 18.4. The van der Waals surface area contributed by atoms with Crippen LogP contribution in [-0.2, 0) is 4.79 Å². The lowest BCUT2D eigenvalue weighted by atomic mass is 9.89. The maximum Gasteiger partial charge on any atom is 0.261 e. The zero-order valence-electron chi connectivity index (χ0n) is 17.4. The molecule has 0 unspecified atom stereocenters. The first kappa shape index (κ1) is 19.3. The monoisotopic (exact) mass is 389 g/mol. The van der Waals surface area contributed by atoms with Crippen molar-refractivity contribution < 1.29 is 14.3 Å². The Morgan fingerprint density at radius 2 is 1.86 bits per heavy atom. The molecular formula is C25H27NO3. The van der Waals surface area contributed by atoms with Gasteiger partial charge in [0.05, 0.1) is 6.04 Å². The Morgan fingerprint density at radius 3 is 2.66 bits per heavy atom. The van der Waals surface area contributed by atoms with Gasteiger partial charge in [0, 0.05) is 12.0 Å². The molecule has 4 nitrogen and oxygen atoms in total. The molecule has 1 aliphatic heterocycles. The average molecular weight is 389 g/mol. The molecule has 0 saturated heterocycles. The predicted molar refractivity (Wildman–Crippen MR) is 115 cm³/mol. The van der Waals surface area contributed by atoms with Crippen molar-refractivity contribution in [2.24, 2.45) is 0 Å². The zero-order chi connectivity index (χ0) is 20.6. The van der Waals surface area contributed by atoms with Gasteiger partial charge in [-0.2, -0.15) is 0 Å². The predicted octanol–water partition coefficient (Wildman–Crippen LogP) is 5.33. The van der Waals surface area contributed by atoms with Crippen molar-refractivity contribution in [1.29, 1.82) is 0 Å². The van der Waals surface area contributed by atoms with Gasteiger partial charge in [-0.1, -0.05) is 48.0 Å². The molecule has 0 spiro atoms. The first-order chi connectivity index (χ1) is 13.8. The number of hydrogen-bond donors (Lipinski definition) is 1. The summed E-state index contributed by atoms with van der Waals surface area (Å²) in [4.78, 5) is 12.9. The molecule has 4 heteroatoms. The van der Waals surface area contributed by atoms with Gasteiger partial charge < -0.3 is 14.8 Å². The molecule has 1 N–H and O–H groups in total. The van der Waals surface area contributed by atoms with Crippen LogP contribution in [-0.4, -0.2) is 17.6 Å². The Kier molecular flexibility index (Phi) is 4.95. The zero-order valence-corrected chi connectivity index (χ0v) is 17.4. The van der Waals surface area contributed by atoms with E-state index >= 15 is 0 Å². The quantitative estimate of drug-likeness (QED) is 0.656. The molecule has 3 aromatic rings. The standard InChI is InChI=1S/C25H27NO3/c1-16-9-12-23-21(13-16)22(15-25(3,4)29-23)26-24(27)17(2)28-20-11-10-18-7-5-6-8-19(18)14-20/h5-14,17,22H,15H2,1-4H3,(H,26,27)/t17-,22+/m0/s1. The molecule has 0 aliphatic carbocycles. The fourth-order valence-electron chi connectivity index (χ4n) is 3.89. The summed E-state index contributed by atoms with van der Waals surface area (Å²) in [5.41, 5.74) is 1.82. The van der Waals surface area contributed by atoms with Crippen LogP contribution in [0, 0.1) is 6.92 Å². The summed E-state index contributed by atoms with van der Waals surface area (Å²) in [6, 6.07) is 20.0. The number of carbonyl (C=O) groups is 1. The van der Waals surface area contributed by atoms with Gasteiger partial charge in [0.2, 0.25) is 0 Å². The van der Waals surface area contributed by atoms with Gasteiger partial charge in [0.1, 0.15) is 17.1 Å². The maximum absolute atomic E-state index is 12.9. The number of aryl methyl sites for hydroxylation is 1. The van der Waals surface area contributed by atoms with Crippen LogP contribution in [0.1, 0.15) is 44.4 Å². The highest BCUT2D eigenvalue weighted by molar-refractivity contribution is 5.84. The van der Waals surface area contributed by atoms with E-state index in [2.05, 4.69) is 17.4 Å². The van der Waals surface area contributed by atoms with Crippen LogP contribution in [0.15, 0.2) is 60.7 Å². The van der Waals surface area contributed by atoms with Gasteiger partial charge in [-0.15, -0.1) is 0 Å². The SMILES string of the molecule is Cc1ccc2c(c1)[C@H](NC(=O)[C@H](C)Oc1ccc3ccccc3c1)CC(C)(C)O2. The first-order valence-electron chi connectivity index (χ1n) is 10.1. The van der Waals surface area contributed by atoms with Gasteiger partial charge >= 0.3 is 0 Å². The molecule has 1 heterocycles. The highest BCUT2D eigenvalue weighted by Gasteiger charge is 2.35. The minimum absolute atomic E-state index is 0.108. The molecule has 4 rings (SSSR count). The van der Waals surface area contributed by atoms with Crippen LogP contribution in [0.25, 0.3) is 10.8 Å². The van der Waals surface area contributed by atoms with E-state index in [1.54, 1.807) is 6.92 Å². The summed E-state index contributed by atoms with van der Waals surface area (Å²) >= 11 is 0. The molecule has 0 bridgehead atoms. The van der Waals surface area contributed by atoms with Crippen LogP contribution >= 0.6 is 0 Å². The second kappa shape index (κ2) is 7.43. The van der Waals surface area contributed by atoms with Gasteiger partial charge in [0.25, 0.3) is 5.91 Å². The van der Waals surface area contributed by atoms with Crippen LogP contribution in [0.3, 0.4) is 0 Å². The second-order valence-electron chi connectivity index (χ2n) is 8.44. The summed E-state index contributed by atoms with van der Waals surface area (Å²) in [7, 11) is 0. The van der Waals surface area contributed by atoms with Crippen molar-refractivity contribution in [3.8, 4) is 11.5 Å². The van der Waals surface area contributed by atoms with Crippen molar-refractivity contribution >= 4 is 16.7 Å². The smallest absolute Gasteiger partial charge is 0.261 e. The Hall–Kier alpha value is -3.01. The number of carbonyl (C=O) groups excluding carboxylic acids is 1. The lowest BCUT2D eigenvalue weighted by molar-refractivity contribution is -0.128. The lowest BCUT2D eigenvalue weighted by Gasteiger charge is -2.38. The first-order valence-corrected chi connectivity index (χ1v) is 10.1. The van der Waals surface area contributed by atoms with Crippen LogP contribution in [0.2, 0.25) is 0 Å². The number of rotatable bonds is 4. The third-order valence-electron chi connectivity index (χ3n) is 5.34. The Bertz CT molecular complexity index is 1060. The van der Waals surface area contributed by atoms with Crippen molar-refractivity contribution in [2.45, 2.75) is 51.9 Å². The Labute approximate surface area is 171 Å². The Balaban J connectivity index is 1.50. The maximum atomic E-state index is 12.9. The van der Waals surface area contributed by atoms with E-state index in [0.717, 1.165) is 27.6 Å². The molecule has 0 fully saturated rings. The lowest BCUT2D eigenvalue weighted by Crippen LogP contribution is -2.44. The van der Waals surface area contributed by atoms with E-state index in [1.165, 1.54) is 0 Å². The highest BCUT2D eigenvalue weighted by Crippen LogP contribution is 2.40. The van der Waals surface area contributed by atoms with E-state index in [4.69, 9.17) is 9.47 Å². The fraction of sp³-hybridized carbons (Fsp3) is 0.320.